The van der Waals surface area contributed by atoms with Crippen LogP contribution in [-0.4, -0.2) is 36.2 Å². The second kappa shape index (κ2) is 8.65. The van der Waals surface area contributed by atoms with Crippen LogP contribution < -0.4 is 10.6 Å². The molecule has 3 nitrogen and oxygen atoms in total. The SMILES string of the molecule is CC(C)(C)c1ccc(CNC(=S)NCCN2CCCCC2)cc1. The zero-order valence-corrected chi connectivity index (χ0v) is 15.6. The van der Waals surface area contributed by atoms with E-state index in [1.165, 1.54) is 43.5 Å². The summed E-state index contributed by atoms with van der Waals surface area (Å²) in [7, 11) is 0. The second-order valence-electron chi connectivity index (χ2n) is 7.46. The standard InChI is InChI=1S/C19H31N3S/c1-19(2,3)17-9-7-16(8-10-17)15-21-18(23)20-11-14-22-12-5-4-6-13-22/h7-10H,4-6,11-15H2,1-3H3,(H2,20,21,23). The van der Waals surface area contributed by atoms with Crippen LogP contribution in [0.3, 0.4) is 0 Å². The van der Waals surface area contributed by atoms with Gasteiger partial charge in [0.25, 0.3) is 0 Å². The highest BCUT2D eigenvalue weighted by atomic mass is 32.1. The fourth-order valence-corrected chi connectivity index (χ4v) is 3.05. The van der Waals surface area contributed by atoms with E-state index < -0.39 is 0 Å². The molecule has 2 rings (SSSR count). The van der Waals surface area contributed by atoms with Gasteiger partial charge in [-0.05, 0) is 54.7 Å². The molecule has 0 unspecified atom stereocenters. The predicted octanol–water partition coefficient (Wildman–Crippen LogP) is 3.43. The third-order valence-corrected chi connectivity index (χ3v) is 4.72. The first-order valence-corrected chi connectivity index (χ1v) is 9.19. The van der Waals surface area contributed by atoms with Gasteiger partial charge in [-0.25, -0.2) is 0 Å². The number of nitrogens with one attached hydrogen (secondary N) is 2. The van der Waals surface area contributed by atoms with E-state index in [4.69, 9.17) is 12.2 Å². The topological polar surface area (TPSA) is 27.3 Å². The minimum Gasteiger partial charge on any atom is -0.361 e. The van der Waals surface area contributed by atoms with Gasteiger partial charge in [0.2, 0.25) is 0 Å². The van der Waals surface area contributed by atoms with Crippen molar-refractivity contribution in [1.82, 2.24) is 15.5 Å². The van der Waals surface area contributed by atoms with Crippen molar-refractivity contribution in [2.75, 3.05) is 26.2 Å². The van der Waals surface area contributed by atoms with Crippen LogP contribution >= 0.6 is 12.2 Å². The van der Waals surface area contributed by atoms with Crippen molar-refractivity contribution in [2.45, 2.75) is 52.0 Å². The molecule has 1 heterocycles. The van der Waals surface area contributed by atoms with Crippen LogP contribution in [0.1, 0.15) is 51.2 Å². The van der Waals surface area contributed by atoms with E-state index in [1.54, 1.807) is 0 Å². The van der Waals surface area contributed by atoms with E-state index in [9.17, 15) is 0 Å². The lowest BCUT2D eigenvalue weighted by molar-refractivity contribution is 0.232. The lowest BCUT2D eigenvalue weighted by atomic mass is 9.87. The van der Waals surface area contributed by atoms with Crippen LogP contribution in [0.5, 0.6) is 0 Å². The van der Waals surface area contributed by atoms with Crippen LogP contribution in [0.2, 0.25) is 0 Å². The quantitative estimate of drug-likeness (QED) is 0.807. The van der Waals surface area contributed by atoms with Crippen LogP contribution in [-0.2, 0) is 12.0 Å². The molecule has 0 bridgehead atoms. The Morgan fingerprint density at radius 1 is 1.04 bits per heavy atom. The summed E-state index contributed by atoms with van der Waals surface area (Å²) in [6, 6.07) is 8.79. The first-order chi connectivity index (χ1) is 10.9. The van der Waals surface area contributed by atoms with Crippen molar-refractivity contribution in [3.8, 4) is 0 Å². The van der Waals surface area contributed by atoms with Gasteiger partial charge in [0.1, 0.15) is 0 Å². The summed E-state index contributed by atoms with van der Waals surface area (Å²) in [5.74, 6) is 0. The number of benzene rings is 1. The molecule has 1 aromatic rings. The summed E-state index contributed by atoms with van der Waals surface area (Å²) in [6.45, 7) is 12.0. The maximum Gasteiger partial charge on any atom is 0.166 e. The molecule has 1 fully saturated rings. The molecule has 0 amide bonds. The number of piperidine rings is 1. The average molecular weight is 334 g/mol. The number of thiocarbonyl (C=S) groups is 1. The van der Waals surface area contributed by atoms with E-state index in [0.717, 1.165) is 24.7 Å². The summed E-state index contributed by atoms with van der Waals surface area (Å²) < 4.78 is 0. The van der Waals surface area contributed by atoms with E-state index in [1.807, 2.05) is 0 Å². The molecule has 2 N–H and O–H groups in total. The van der Waals surface area contributed by atoms with Crippen LogP contribution in [0, 0.1) is 0 Å². The van der Waals surface area contributed by atoms with Crippen molar-refractivity contribution in [1.29, 1.82) is 0 Å². The van der Waals surface area contributed by atoms with Crippen molar-refractivity contribution in [3.63, 3.8) is 0 Å². The summed E-state index contributed by atoms with van der Waals surface area (Å²) in [4.78, 5) is 2.52. The van der Waals surface area contributed by atoms with Gasteiger partial charge in [-0.1, -0.05) is 51.5 Å². The van der Waals surface area contributed by atoms with Gasteiger partial charge in [0.05, 0.1) is 0 Å². The number of hydrogen-bond donors (Lipinski definition) is 2. The monoisotopic (exact) mass is 333 g/mol. The van der Waals surface area contributed by atoms with Gasteiger partial charge in [0.15, 0.2) is 5.11 Å². The molecule has 1 aliphatic heterocycles. The zero-order valence-electron chi connectivity index (χ0n) is 14.8. The Hall–Kier alpha value is -1.13. The lowest BCUT2D eigenvalue weighted by Gasteiger charge is -2.26. The van der Waals surface area contributed by atoms with Gasteiger partial charge in [0, 0.05) is 19.6 Å². The van der Waals surface area contributed by atoms with Crippen molar-refractivity contribution in [2.24, 2.45) is 0 Å². The van der Waals surface area contributed by atoms with Crippen molar-refractivity contribution in [3.05, 3.63) is 35.4 Å². The fourth-order valence-electron chi connectivity index (χ4n) is 2.88. The summed E-state index contributed by atoms with van der Waals surface area (Å²) >= 11 is 5.36. The largest absolute Gasteiger partial charge is 0.361 e. The third kappa shape index (κ3) is 6.48. The Kier molecular flexibility index (Phi) is 6.85. The molecule has 1 aliphatic rings. The normalized spacial score (nSPS) is 16.1. The fraction of sp³-hybridized carbons (Fsp3) is 0.632. The van der Waals surface area contributed by atoms with E-state index in [0.29, 0.717) is 0 Å². The Labute approximate surface area is 146 Å². The molecule has 23 heavy (non-hydrogen) atoms. The number of hydrogen-bond acceptors (Lipinski definition) is 2. The molecule has 0 aliphatic carbocycles. The first kappa shape index (κ1) is 18.2. The lowest BCUT2D eigenvalue weighted by Crippen LogP contribution is -2.41. The maximum atomic E-state index is 5.36. The minimum absolute atomic E-state index is 0.206. The van der Waals surface area contributed by atoms with Crippen LogP contribution in [0.25, 0.3) is 0 Å². The number of rotatable bonds is 5. The predicted molar refractivity (Wildman–Crippen MR) is 103 cm³/mol. The van der Waals surface area contributed by atoms with E-state index in [-0.39, 0.29) is 5.41 Å². The van der Waals surface area contributed by atoms with Crippen LogP contribution in [0.15, 0.2) is 24.3 Å². The van der Waals surface area contributed by atoms with Gasteiger partial charge in [-0.2, -0.15) is 0 Å². The summed E-state index contributed by atoms with van der Waals surface area (Å²) in [5, 5.41) is 7.36. The van der Waals surface area contributed by atoms with E-state index >= 15 is 0 Å². The number of nitrogens with zero attached hydrogens (tertiary/aromatic N) is 1. The molecule has 0 radical (unpaired) electrons. The van der Waals surface area contributed by atoms with E-state index in [2.05, 4.69) is 60.6 Å². The van der Waals surface area contributed by atoms with Gasteiger partial charge < -0.3 is 15.5 Å². The Morgan fingerprint density at radius 2 is 1.70 bits per heavy atom. The molecule has 128 valence electrons. The van der Waals surface area contributed by atoms with Crippen molar-refractivity contribution >= 4 is 17.3 Å². The van der Waals surface area contributed by atoms with Gasteiger partial charge in [-0.15, -0.1) is 0 Å². The third-order valence-electron chi connectivity index (χ3n) is 4.44. The average Bonchev–Trinajstić information content (AvgIpc) is 2.53. The highest BCUT2D eigenvalue weighted by Crippen LogP contribution is 2.22. The summed E-state index contributed by atoms with van der Waals surface area (Å²) in [6.07, 6.45) is 4.07. The highest BCUT2D eigenvalue weighted by Gasteiger charge is 2.12. The molecule has 4 heteroatoms. The Morgan fingerprint density at radius 3 is 2.30 bits per heavy atom. The molecule has 0 spiro atoms. The smallest absolute Gasteiger partial charge is 0.166 e. The molecule has 1 saturated heterocycles. The molecule has 0 aromatic heterocycles. The Bertz CT molecular complexity index is 484. The molecule has 0 saturated carbocycles. The van der Waals surface area contributed by atoms with Crippen molar-refractivity contribution < 1.29 is 0 Å². The Balaban J connectivity index is 1.65. The second-order valence-corrected chi connectivity index (χ2v) is 7.87. The molecule has 0 atom stereocenters. The molecular formula is C19H31N3S. The minimum atomic E-state index is 0.206. The first-order valence-electron chi connectivity index (χ1n) is 8.78. The molecule has 1 aromatic carbocycles. The maximum absolute atomic E-state index is 5.36. The van der Waals surface area contributed by atoms with Gasteiger partial charge in [-0.3, -0.25) is 0 Å². The summed E-state index contributed by atoms with van der Waals surface area (Å²) in [5.41, 5.74) is 2.83. The number of likely N-dealkylation sites (tertiary alicyclic amines) is 1. The van der Waals surface area contributed by atoms with Crippen LogP contribution in [0.4, 0.5) is 0 Å². The molecular weight excluding hydrogens is 302 g/mol. The zero-order chi connectivity index (χ0) is 16.7. The van der Waals surface area contributed by atoms with Gasteiger partial charge >= 0.3 is 0 Å². The highest BCUT2D eigenvalue weighted by molar-refractivity contribution is 7.80.